The van der Waals surface area contributed by atoms with Crippen LogP contribution in [0.5, 0.6) is 11.5 Å². The van der Waals surface area contributed by atoms with Crippen molar-refractivity contribution in [2.24, 2.45) is 5.92 Å². The van der Waals surface area contributed by atoms with E-state index in [-0.39, 0.29) is 5.92 Å². The fourth-order valence-corrected chi connectivity index (χ4v) is 5.49. The van der Waals surface area contributed by atoms with Crippen LogP contribution >= 0.6 is 11.6 Å². The van der Waals surface area contributed by atoms with Crippen LogP contribution in [0.1, 0.15) is 40.5 Å². The summed E-state index contributed by atoms with van der Waals surface area (Å²) in [7, 11) is 0. The van der Waals surface area contributed by atoms with Crippen LogP contribution in [-0.4, -0.2) is 42.1 Å². The summed E-state index contributed by atoms with van der Waals surface area (Å²) >= 11 is 5.90. The molecular weight excluding hydrogens is 418 g/mol. The van der Waals surface area contributed by atoms with Crippen molar-refractivity contribution in [3.05, 3.63) is 95.1 Å². The summed E-state index contributed by atoms with van der Waals surface area (Å²) in [5.41, 5.74) is 5.25. The number of halogens is 1. The lowest BCUT2D eigenvalue weighted by molar-refractivity contribution is 0.0950. The maximum atomic E-state index is 10.0. The normalized spacial score (nSPS) is 21.0. The van der Waals surface area contributed by atoms with E-state index < -0.39 is 0 Å². The quantitative estimate of drug-likeness (QED) is 0.464. The molecule has 32 heavy (non-hydrogen) atoms. The van der Waals surface area contributed by atoms with Gasteiger partial charge in [0.15, 0.2) is 0 Å². The minimum absolute atomic E-state index is 0.268. The highest BCUT2D eigenvalue weighted by atomic mass is 35.5. The van der Waals surface area contributed by atoms with Crippen molar-refractivity contribution in [3.8, 4) is 11.5 Å². The van der Waals surface area contributed by atoms with Gasteiger partial charge >= 0.3 is 0 Å². The number of phenolic OH excluding ortho intramolecular Hbond substituents is 1. The number of aryl methyl sites for hydroxylation is 1. The number of phenols is 1. The zero-order valence-corrected chi connectivity index (χ0v) is 19.0. The molecule has 0 unspecified atom stereocenters. The molecule has 4 heteroatoms. The van der Waals surface area contributed by atoms with Crippen LogP contribution in [0.4, 0.5) is 0 Å². The van der Waals surface area contributed by atoms with E-state index in [2.05, 4.69) is 65.6 Å². The summed E-state index contributed by atoms with van der Waals surface area (Å²) < 4.78 is 6.01. The summed E-state index contributed by atoms with van der Waals surface area (Å²) in [5, 5.41) is 10.0. The van der Waals surface area contributed by atoms with E-state index in [1.54, 1.807) is 0 Å². The van der Waals surface area contributed by atoms with Crippen LogP contribution < -0.4 is 4.74 Å². The Labute approximate surface area is 195 Å². The zero-order chi connectivity index (χ0) is 21.9. The minimum Gasteiger partial charge on any atom is -0.508 e. The van der Waals surface area contributed by atoms with E-state index in [1.165, 1.54) is 22.3 Å². The molecule has 0 bridgehead atoms. The molecule has 3 nitrogen and oxygen atoms in total. The number of fused-ring (bicyclic) bond motifs is 1. The SMILES string of the molecule is Oc1ccc2c(c1)CC[C@@H](c1ccccc1)[C@H]2c1ccc(OCCN2CC(CCl)C2)cc1. The summed E-state index contributed by atoms with van der Waals surface area (Å²) in [6.07, 6.45) is 2.06. The molecule has 0 saturated carbocycles. The summed E-state index contributed by atoms with van der Waals surface area (Å²) in [5.74, 6) is 3.36. The van der Waals surface area contributed by atoms with Gasteiger partial charge in [-0.25, -0.2) is 0 Å². The Hall–Kier alpha value is -2.49. The smallest absolute Gasteiger partial charge is 0.119 e. The van der Waals surface area contributed by atoms with Gasteiger partial charge in [-0.2, -0.15) is 0 Å². The lowest BCUT2D eigenvalue weighted by atomic mass is 9.69. The van der Waals surface area contributed by atoms with E-state index >= 15 is 0 Å². The standard InChI is InChI=1S/C28H30ClNO2/c29-17-20-18-30(19-20)14-15-32-25-10-6-22(7-11-25)28-26(21-4-2-1-3-5-21)12-8-23-16-24(31)9-13-27(23)28/h1-7,9-11,13,16,20,26,28,31H,8,12,14-15,17-19H2/t26-,28+/m0/s1. The Morgan fingerprint density at radius 2 is 1.72 bits per heavy atom. The molecule has 0 amide bonds. The number of alkyl halides is 1. The van der Waals surface area contributed by atoms with E-state index in [1.807, 2.05) is 12.1 Å². The second kappa shape index (κ2) is 9.56. The molecule has 2 atom stereocenters. The van der Waals surface area contributed by atoms with Gasteiger partial charge in [0.25, 0.3) is 0 Å². The topological polar surface area (TPSA) is 32.7 Å². The van der Waals surface area contributed by atoms with E-state index in [0.29, 0.717) is 24.2 Å². The van der Waals surface area contributed by atoms with Gasteiger partial charge < -0.3 is 9.84 Å². The number of ether oxygens (including phenoxy) is 1. The molecule has 1 saturated heterocycles. The van der Waals surface area contributed by atoms with Gasteiger partial charge in [0, 0.05) is 31.4 Å². The Kier molecular flexibility index (Phi) is 6.38. The van der Waals surface area contributed by atoms with Crippen molar-refractivity contribution in [1.82, 2.24) is 4.90 Å². The van der Waals surface area contributed by atoms with Gasteiger partial charge in [0.2, 0.25) is 0 Å². The maximum Gasteiger partial charge on any atom is 0.119 e. The molecule has 1 N–H and O–H groups in total. The molecule has 2 aliphatic rings. The Bertz CT molecular complexity index is 1030. The first kappa shape index (κ1) is 21.4. The summed E-state index contributed by atoms with van der Waals surface area (Å²) in [4.78, 5) is 2.39. The first-order valence-electron chi connectivity index (χ1n) is 11.6. The molecule has 0 aromatic heterocycles. The predicted molar refractivity (Wildman–Crippen MR) is 130 cm³/mol. The van der Waals surface area contributed by atoms with Gasteiger partial charge in [-0.15, -0.1) is 11.6 Å². The largest absolute Gasteiger partial charge is 0.508 e. The fourth-order valence-electron chi connectivity index (χ4n) is 5.30. The van der Waals surface area contributed by atoms with Crippen LogP contribution in [0.25, 0.3) is 0 Å². The Balaban J connectivity index is 1.33. The lowest BCUT2D eigenvalue weighted by Gasteiger charge is -2.38. The first-order chi connectivity index (χ1) is 15.7. The van der Waals surface area contributed by atoms with Gasteiger partial charge in [-0.3, -0.25) is 4.90 Å². The summed E-state index contributed by atoms with van der Waals surface area (Å²) in [6, 6.07) is 25.3. The van der Waals surface area contributed by atoms with Gasteiger partial charge in [0.05, 0.1) is 0 Å². The van der Waals surface area contributed by atoms with Crippen molar-refractivity contribution < 1.29 is 9.84 Å². The van der Waals surface area contributed by atoms with Crippen molar-refractivity contribution in [2.75, 3.05) is 32.1 Å². The van der Waals surface area contributed by atoms with Gasteiger partial charge in [-0.1, -0.05) is 48.5 Å². The van der Waals surface area contributed by atoms with Gasteiger partial charge in [0.1, 0.15) is 18.1 Å². The third-order valence-electron chi connectivity index (χ3n) is 6.98. The van der Waals surface area contributed by atoms with Crippen molar-refractivity contribution in [3.63, 3.8) is 0 Å². The van der Waals surface area contributed by atoms with Crippen molar-refractivity contribution in [1.29, 1.82) is 0 Å². The molecule has 0 radical (unpaired) electrons. The zero-order valence-electron chi connectivity index (χ0n) is 18.3. The number of rotatable bonds is 7. The number of hydrogen-bond acceptors (Lipinski definition) is 3. The number of aromatic hydroxyl groups is 1. The van der Waals surface area contributed by atoms with Gasteiger partial charge in [-0.05, 0) is 71.2 Å². The van der Waals surface area contributed by atoms with Crippen LogP contribution in [0.2, 0.25) is 0 Å². The van der Waals surface area contributed by atoms with E-state index in [9.17, 15) is 5.11 Å². The molecule has 1 aliphatic heterocycles. The third kappa shape index (κ3) is 4.51. The highest BCUT2D eigenvalue weighted by Crippen LogP contribution is 2.47. The second-order valence-corrected chi connectivity index (χ2v) is 9.42. The molecule has 5 rings (SSSR count). The molecule has 1 aliphatic carbocycles. The van der Waals surface area contributed by atoms with Crippen molar-refractivity contribution in [2.45, 2.75) is 24.7 Å². The second-order valence-electron chi connectivity index (χ2n) is 9.11. The molecule has 1 fully saturated rings. The third-order valence-corrected chi connectivity index (χ3v) is 7.42. The Morgan fingerprint density at radius 1 is 0.938 bits per heavy atom. The van der Waals surface area contributed by atoms with Crippen molar-refractivity contribution >= 4 is 11.6 Å². The average Bonchev–Trinajstić information content (AvgIpc) is 2.80. The molecule has 3 aromatic carbocycles. The van der Waals surface area contributed by atoms with Crippen LogP contribution in [0.15, 0.2) is 72.8 Å². The monoisotopic (exact) mass is 447 g/mol. The van der Waals surface area contributed by atoms with Crippen LogP contribution in [0.3, 0.4) is 0 Å². The highest BCUT2D eigenvalue weighted by Gasteiger charge is 2.32. The average molecular weight is 448 g/mol. The predicted octanol–water partition coefficient (Wildman–Crippen LogP) is 5.80. The number of likely N-dealkylation sites (tertiary alicyclic amines) is 1. The Morgan fingerprint density at radius 3 is 2.47 bits per heavy atom. The molecular formula is C28H30ClNO2. The summed E-state index contributed by atoms with van der Waals surface area (Å²) in [6.45, 7) is 3.82. The van der Waals surface area contributed by atoms with Crippen LogP contribution in [0, 0.1) is 5.92 Å². The maximum absolute atomic E-state index is 10.0. The first-order valence-corrected chi connectivity index (χ1v) is 12.1. The van der Waals surface area contributed by atoms with Crippen LogP contribution in [-0.2, 0) is 6.42 Å². The number of hydrogen-bond donors (Lipinski definition) is 1. The van der Waals surface area contributed by atoms with E-state index in [4.69, 9.17) is 16.3 Å². The minimum atomic E-state index is 0.268. The fraction of sp³-hybridized carbons (Fsp3) is 0.357. The molecule has 0 spiro atoms. The molecule has 166 valence electrons. The number of benzene rings is 3. The molecule has 1 heterocycles. The lowest BCUT2D eigenvalue weighted by Crippen LogP contribution is -2.48. The highest BCUT2D eigenvalue weighted by molar-refractivity contribution is 6.18. The van der Waals surface area contributed by atoms with E-state index in [0.717, 1.165) is 44.1 Å². The molecule has 3 aromatic rings. The number of nitrogens with zero attached hydrogens (tertiary/aromatic N) is 1.